The van der Waals surface area contributed by atoms with Gasteiger partial charge < -0.3 is 15.0 Å². The molecule has 6 nitrogen and oxygen atoms in total. The zero-order valence-corrected chi connectivity index (χ0v) is 19.6. The highest BCUT2D eigenvalue weighted by Crippen LogP contribution is 2.31. The van der Waals surface area contributed by atoms with Crippen LogP contribution in [0.5, 0.6) is 5.75 Å². The molecule has 7 heteroatoms. The van der Waals surface area contributed by atoms with Crippen LogP contribution in [-0.4, -0.2) is 67.0 Å². The van der Waals surface area contributed by atoms with E-state index in [4.69, 9.17) is 16.3 Å². The Morgan fingerprint density at radius 1 is 1.13 bits per heavy atom. The largest absolute Gasteiger partial charge is 0.484 e. The summed E-state index contributed by atoms with van der Waals surface area (Å²) in [4.78, 5) is 29.8. The van der Waals surface area contributed by atoms with Crippen molar-refractivity contribution in [1.29, 1.82) is 0 Å². The minimum absolute atomic E-state index is 0.0169. The molecule has 1 aliphatic carbocycles. The van der Waals surface area contributed by atoms with Crippen molar-refractivity contribution >= 4 is 23.4 Å². The van der Waals surface area contributed by atoms with E-state index >= 15 is 0 Å². The molecule has 31 heavy (non-hydrogen) atoms. The van der Waals surface area contributed by atoms with Crippen LogP contribution in [0.1, 0.15) is 46.0 Å². The first-order valence-corrected chi connectivity index (χ1v) is 12.0. The van der Waals surface area contributed by atoms with Gasteiger partial charge in [0, 0.05) is 37.7 Å². The summed E-state index contributed by atoms with van der Waals surface area (Å²) in [6, 6.07) is 6.94. The van der Waals surface area contributed by atoms with Crippen LogP contribution in [0.25, 0.3) is 0 Å². The van der Waals surface area contributed by atoms with E-state index in [0.29, 0.717) is 35.7 Å². The maximum atomic E-state index is 13.1. The van der Waals surface area contributed by atoms with Gasteiger partial charge in [-0.3, -0.25) is 14.5 Å². The lowest BCUT2D eigenvalue weighted by Gasteiger charge is -2.40. The van der Waals surface area contributed by atoms with E-state index in [1.807, 2.05) is 4.90 Å². The van der Waals surface area contributed by atoms with Crippen molar-refractivity contribution in [1.82, 2.24) is 15.1 Å². The lowest BCUT2D eigenvalue weighted by molar-refractivity contribution is -0.137. The summed E-state index contributed by atoms with van der Waals surface area (Å²) in [6.07, 6.45) is 5.72. The molecule has 1 saturated heterocycles. The van der Waals surface area contributed by atoms with Crippen LogP contribution in [0.3, 0.4) is 0 Å². The number of nitrogens with zero attached hydrogens (tertiary/aromatic N) is 2. The van der Waals surface area contributed by atoms with E-state index < -0.39 is 0 Å². The highest BCUT2D eigenvalue weighted by molar-refractivity contribution is 6.30. The Hall–Kier alpha value is -1.79. The van der Waals surface area contributed by atoms with E-state index in [0.717, 1.165) is 38.9 Å². The summed E-state index contributed by atoms with van der Waals surface area (Å²) in [5, 5.41) is 3.83. The summed E-state index contributed by atoms with van der Waals surface area (Å²) in [5.41, 5.74) is 0. The maximum absolute atomic E-state index is 13.1. The molecule has 172 valence electrons. The molecule has 2 atom stereocenters. The summed E-state index contributed by atoms with van der Waals surface area (Å²) >= 11 is 5.88. The average Bonchev–Trinajstić information content (AvgIpc) is 3.31. The number of hydrogen-bond acceptors (Lipinski definition) is 4. The third-order valence-corrected chi connectivity index (χ3v) is 6.92. The molecular weight excluding hydrogens is 414 g/mol. The Morgan fingerprint density at radius 3 is 2.39 bits per heavy atom. The second-order valence-corrected chi connectivity index (χ2v) is 9.34. The number of amides is 2. The van der Waals surface area contributed by atoms with E-state index in [1.54, 1.807) is 24.3 Å². The molecule has 0 aromatic heterocycles. The number of rotatable bonds is 9. The first-order chi connectivity index (χ1) is 15.0. The topological polar surface area (TPSA) is 61.9 Å². The van der Waals surface area contributed by atoms with Crippen LogP contribution in [0, 0.1) is 11.8 Å². The minimum atomic E-state index is -0.0749. The Kier molecular flexibility index (Phi) is 9.02. The van der Waals surface area contributed by atoms with Crippen molar-refractivity contribution < 1.29 is 14.3 Å². The maximum Gasteiger partial charge on any atom is 0.260 e. The van der Waals surface area contributed by atoms with E-state index in [1.165, 1.54) is 12.8 Å². The monoisotopic (exact) mass is 449 g/mol. The molecular formula is C24H36ClN3O3. The van der Waals surface area contributed by atoms with Gasteiger partial charge in [0.05, 0.1) is 6.04 Å². The Labute approximate surface area is 191 Å². The normalized spacial score (nSPS) is 19.8. The Balaban J connectivity index is 1.51. The molecule has 1 aromatic carbocycles. The molecule has 1 aliphatic heterocycles. The number of carbonyl (C=O) groups is 2. The van der Waals surface area contributed by atoms with Crippen LogP contribution >= 0.6 is 11.6 Å². The second kappa shape index (κ2) is 11.7. The molecule has 2 fully saturated rings. The summed E-state index contributed by atoms with van der Waals surface area (Å²) < 4.78 is 5.61. The fourth-order valence-electron chi connectivity index (χ4n) is 4.49. The number of hydrogen-bond donors (Lipinski definition) is 1. The molecule has 0 radical (unpaired) electrons. The zero-order chi connectivity index (χ0) is 22.2. The van der Waals surface area contributed by atoms with Crippen LogP contribution < -0.4 is 10.1 Å². The quantitative estimate of drug-likeness (QED) is 0.625. The smallest absolute Gasteiger partial charge is 0.260 e. The van der Waals surface area contributed by atoms with Gasteiger partial charge in [0.25, 0.3) is 5.91 Å². The van der Waals surface area contributed by atoms with Crippen molar-refractivity contribution in [2.75, 3.05) is 39.3 Å². The molecule has 1 aromatic rings. The van der Waals surface area contributed by atoms with Gasteiger partial charge in [-0.25, -0.2) is 0 Å². The number of benzene rings is 1. The van der Waals surface area contributed by atoms with Crippen molar-refractivity contribution in [3.05, 3.63) is 29.3 Å². The number of nitrogens with one attached hydrogen (secondary N) is 1. The first kappa shape index (κ1) is 23.9. The lowest BCUT2D eigenvalue weighted by atomic mass is 9.94. The highest BCUT2D eigenvalue weighted by atomic mass is 35.5. The number of piperazine rings is 1. The van der Waals surface area contributed by atoms with Crippen LogP contribution in [-0.2, 0) is 9.59 Å². The van der Waals surface area contributed by atoms with Crippen LogP contribution in [0.15, 0.2) is 24.3 Å². The van der Waals surface area contributed by atoms with Crippen molar-refractivity contribution in [2.45, 2.75) is 52.0 Å². The van der Waals surface area contributed by atoms with E-state index in [-0.39, 0.29) is 24.5 Å². The summed E-state index contributed by atoms with van der Waals surface area (Å²) in [5.74, 6) is 1.69. The molecule has 0 unspecified atom stereocenters. The first-order valence-electron chi connectivity index (χ1n) is 11.7. The molecule has 1 saturated carbocycles. The highest BCUT2D eigenvalue weighted by Gasteiger charge is 2.37. The average molecular weight is 450 g/mol. The Bertz CT molecular complexity index is 713. The molecule has 2 aliphatic rings. The number of ether oxygens (including phenoxy) is 1. The Morgan fingerprint density at radius 2 is 1.77 bits per heavy atom. The van der Waals surface area contributed by atoms with Gasteiger partial charge in [0.15, 0.2) is 6.61 Å². The van der Waals surface area contributed by atoms with Crippen molar-refractivity contribution in [3.8, 4) is 5.75 Å². The second-order valence-electron chi connectivity index (χ2n) is 8.91. The van der Waals surface area contributed by atoms with Crippen molar-refractivity contribution in [3.63, 3.8) is 0 Å². The minimum Gasteiger partial charge on any atom is -0.484 e. The SMILES string of the molecule is CC[C@H](C)CNC(=O)[C@H](C1CCCC1)N1CCN(C(=O)COc2ccc(Cl)cc2)CC1. The van der Waals surface area contributed by atoms with Gasteiger partial charge in [0.2, 0.25) is 5.91 Å². The summed E-state index contributed by atoms with van der Waals surface area (Å²) in [7, 11) is 0. The van der Waals surface area contributed by atoms with Crippen LogP contribution in [0.2, 0.25) is 5.02 Å². The van der Waals surface area contributed by atoms with E-state index in [2.05, 4.69) is 24.1 Å². The molecule has 3 rings (SSSR count). The number of carbonyl (C=O) groups excluding carboxylic acids is 2. The van der Waals surface area contributed by atoms with Gasteiger partial charge in [-0.05, 0) is 48.9 Å². The lowest BCUT2D eigenvalue weighted by Crippen LogP contribution is -2.58. The molecule has 2 amide bonds. The number of halogens is 1. The molecule has 1 N–H and O–H groups in total. The third-order valence-electron chi connectivity index (χ3n) is 6.67. The molecule has 1 heterocycles. The summed E-state index contributed by atoms with van der Waals surface area (Å²) in [6.45, 7) is 7.78. The zero-order valence-electron chi connectivity index (χ0n) is 18.8. The predicted molar refractivity (Wildman–Crippen MR) is 123 cm³/mol. The third kappa shape index (κ3) is 6.84. The molecule has 0 bridgehead atoms. The fraction of sp³-hybridized carbons (Fsp3) is 0.667. The van der Waals surface area contributed by atoms with Gasteiger partial charge in [0.1, 0.15) is 5.75 Å². The molecule has 0 spiro atoms. The standard InChI is InChI=1S/C24H36ClN3O3/c1-3-18(2)16-26-24(30)23(19-6-4-5-7-19)28-14-12-27(13-15-28)22(29)17-31-21-10-8-20(25)9-11-21/h8-11,18-19,23H,3-7,12-17H2,1-2H3,(H,26,30)/t18-,23-/m0/s1. The fourth-order valence-corrected chi connectivity index (χ4v) is 4.62. The van der Waals surface area contributed by atoms with Gasteiger partial charge in [-0.1, -0.05) is 44.7 Å². The van der Waals surface area contributed by atoms with Crippen LogP contribution in [0.4, 0.5) is 0 Å². The van der Waals surface area contributed by atoms with Gasteiger partial charge >= 0.3 is 0 Å². The van der Waals surface area contributed by atoms with Gasteiger partial charge in [-0.2, -0.15) is 0 Å². The van der Waals surface area contributed by atoms with Gasteiger partial charge in [-0.15, -0.1) is 0 Å². The van der Waals surface area contributed by atoms with Crippen molar-refractivity contribution in [2.24, 2.45) is 11.8 Å². The van der Waals surface area contributed by atoms with E-state index in [9.17, 15) is 9.59 Å². The predicted octanol–water partition coefficient (Wildman–Crippen LogP) is 3.58.